The highest BCUT2D eigenvalue weighted by Crippen LogP contribution is 2.42. The fraction of sp³-hybridized carbons (Fsp3) is 0.227. The summed E-state index contributed by atoms with van der Waals surface area (Å²) in [7, 11) is 0. The van der Waals surface area contributed by atoms with Crippen LogP contribution in [0.2, 0.25) is 0 Å². The molecule has 0 bridgehead atoms. The third-order valence-electron chi connectivity index (χ3n) is 5.14. The van der Waals surface area contributed by atoms with Crippen molar-refractivity contribution < 1.29 is 4.79 Å². The number of carbonyl (C=O) groups excluding carboxylic acids is 1. The van der Waals surface area contributed by atoms with E-state index in [-0.39, 0.29) is 5.91 Å². The molecular formula is C22H22N2O. The standard InChI is InChI=1S/C22H22N2O/c1-14-20(21(22(23)25)15(2)24(14)19-12-13-19)18-10-8-17(9-11-18)16-6-4-3-5-7-16/h3-11,19H,12-13H2,1-2H3,(H2,23,25). The third-order valence-corrected chi connectivity index (χ3v) is 5.14. The van der Waals surface area contributed by atoms with Crippen molar-refractivity contribution in [2.75, 3.05) is 0 Å². The second-order valence-corrected chi connectivity index (χ2v) is 6.83. The van der Waals surface area contributed by atoms with Crippen LogP contribution in [-0.4, -0.2) is 10.5 Å². The van der Waals surface area contributed by atoms with E-state index in [0.717, 1.165) is 22.5 Å². The number of rotatable bonds is 4. The van der Waals surface area contributed by atoms with E-state index in [4.69, 9.17) is 5.73 Å². The molecule has 0 unspecified atom stereocenters. The summed E-state index contributed by atoms with van der Waals surface area (Å²) in [6, 6.07) is 19.2. The lowest BCUT2D eigenvalue weighted by molar-refractivity contribution is 0.1000. The van der Waals surface area contributed by atoms with Gasteiger partial charge in [-0.15, -0.1) is 0 Å². The van der Waals surface area contributed by atoms with E-state index in [2.05, 4.69) is 47.9 Å². The molecular weight excluding hydrogens is 308 g/mol. The summed E-state index contributed by atoms with van der Waals surface area (Å²) in [5.74, 6) is -0.345. The van der Waals surface area contributed by atoms with Crippen molar-refractivity contribution in [3.63, 3.8) is 0 Å². The van der Waals surface area contributed by atoms with E-state index in [1.807, 2.05) is 25.1 Å². The summed E-state index contributed by atoms with van der Waals surface area (Å²) in [6.45, 7) is 4.10. The van der Waals surface area contributed by atoms with Gasteiger partial charge < -0.3 is 10.3 Å². The van der Waals surface area contributed by atoms with Crippen molar-refractivity contribution in [2.24, 2.45) is 5.73 Å². The van der Waals surface area contributed by atoms with Crippen LogP contribution in [0.5, 0.6) is 0 Å². The minimum absolute atomic E-state index is 0.345. The van der Waals surface area contributed by atoms with E-state index in [9.17, 15) is 4.79 Å². The Kier molecular flexibility index (Phi) is 3.72. The molecule has 3 aromatic rings. The Bertz CT molecular complexity index is 932. The molecule has 0 aliphatic heterocycles. The van der Waals surface area contributed by atoms with E-state index < -0.39 is 0 Å². The number of carbonyl (C=O) groups is 1. The molecule has 0 saturated heterocycles. The molecule has 1 aliphatic carbocycles. The number of primary amides is 1. The van der Waals surface area contributed by atoms with E-state index >= 15 is 0 Å². The lowest BCUT2D eigenvalue weighted by atomic mass is 9.97. The first kappa shape index (κ1) is 15.7. The molecule has 1 amide bonds. The van der Waals surface area contributed by atoms with Gasteiger partial charge in [0, 0.05) is 23.0 Å². The molecule has 1 aromatic heterocycles. The molecule has 3 nitrogen and oxygen atoms in total. The first-order valence-electron chi connectivity index (χ1n) is 8.75. The Morgan fingerprint density at radius 3 is 2.00 bits per heavy atom. The number of nitrogens with zero attached hydrogens (tertiary/aromatic N) is 1. The Labute approximate surface area is 148 Å². The molecule has 126 valence electrons. The minimum Gasteiger partial charge on any atom is -0.366 e. The summed E-state index contributed by atoms with van der Waals surface area (Å²) in [5, 5.41) is 0. The molecule has 2 aromatic carbocycles. The van der Waals surface area contributed by atoms with Crippen LogP contribution in [0, 0.1) is 13.8 Å². The first-order valence-corrected chi connectivity index (χ1v) is 8.75. The van der Waals surface area contributed by atoms with Crippen molar-refractivity contribution in [2.45, 2.75) is 32.7 Å². The Hall–Kier alpha value is -2.81. The second kappa shape index (κ2) is 5.92. The molecule has 0 radical (unpaired) electrons. The largest absolute Gasteiger partial charge is 0.366 e. The minimum atomic E-state index is -0.345. The highest BCUT2D eigenvalue weighted by Gasteiger charge is 2.31. The van der Waals surface area contributed by atoms with Crippen LogP contribution in [0.4, 0.5) is 0 Å². The maximum atomic E-state index is 12.1. The van der Waals surface area contributed by atoms with Gasteiger partial charge in [0.15, 0.2) is 0 Å². The van der Waals surface area contributed by atoms with Gasteiger partial charge in [0.05, 0.1) is 5.56 Å². The zero-order valence-corrected chi connectivity index (χ0v) is 14.6. The molecule has 1 aliphatic rings. The van der Waals surface area contributed by atoms with Crippen LogP contribution in [0.15, 0.2) is 54.6 Å². The van der Waals surface area contributed by atoms with Crippen LogP contribution < -0.4 is 5.73 Å². The normalized spacial score (nSPS) is 13.8. The van der Waals surface area contributed by atoms with Crippen LogP contribution in [0.25, 0.3) is 22.3 Å². The SMILES string of the molecule is Cc1c(C(N)=O)c(-c2ccc(-c3ccccc3)cc2)c(C)n1C1CC1. The van der Waals surface area contributed by atoms with Crippen LogP contribution in [0.1, 0.15) is 40.6 Å². The zero-order valence-electron chi connectivity index (χ0n) is 14.6. The molecule has 1 heterocycles. The monoisotopic (exact) mass is 330 g/mol. The maximum absolute atomic E-state index is 12.1. The number of benzene rings is 2. The topological polar surface area (TPSA) is 48.0 Å². The predicted octanol–water partition coefficient (Wildman–Crippen LogP) is 4.87. The highest BCUT2D eigenvalue weighted by atomic mass is 16.1. The smallest absolute Gasteiger partial charge is 0.251 e. The Balaban J connectivity index is 1.82. The van der Waals surface area contributed by atoms with E-state index in [1.54, 1.807) is 0 Å². The molecule has 3 heteroatoms. The Morgan fingerprint density at radius 2 is 1.44 bits per heavy atom. The summed E-state index contributed by atoms with van der Waals surface area (Å²) in [5.41, 5.74) is 12.9. The summed E-state index contributed by atoms with van der Waals surface area (Å²) in [6.07, 6.45) is 2.36. The highest BCUT2D eigenvalue weighted by molar-refractivity contribution is 6.02. The van der Waals surface area contributed by atoms with Gasteiger partial charge in [-0.2, -0.15) is 0 Å². The van der Waals surface area contributed by atoms with Crippen LogP contribution in [0.3, 0.4) is 0 Å². The maximum Gasteiger partial charge on any atom is 0.251 e. The van der Waals surface area contributed by atoms with Gasteiger partial charge in [0.25, 0.3) is 5.91 Å². The van der Waals surface area contributed by atoms with Gasteiger partial charge in [-0.25, -0.2) is 0 Å². The second-order valence-electron chi connectivity index (χ2n) is 6.83. The van der Waals surface area contributed by atoms with Gasteiger partial charge in [-0.05, 0) is 43.4 Å². The van der Waals surface area contributed by atoms with Gasteiger partial charge in [0.2, 0.25) is 0 Å². The fourth-order valence-electron chi connectivity index (χ4n) is 3.85. The number of aromatic nitrogens is 1. The molecule has 0 spiro atoms. The van der Waals surface area contributed by atoms with Gasteiger partial charge in [-0.3, -0.25) is 4.79 Å². The molecule has 0 atom stereocenters. The fourth-order valence-corrected chi connectivity index (χ4v) is 3.85. The Morgan fingerprint density at radius 1 is 0.880 bits per heavy atom. The van der Waals surface area contributed by atoms with Gasteiger partial charge in [-0.1, -0.05) is 54.6 Å². The van der Waals surface area contributed by atoms with Crippen molar-refractivity contribution in [3.8, 4) is 22.3 Å². The average molecular weight is 330 g/mol. The van der Waals surface area contributed by atoms with Crippen LogP contribution >= 0.6 is 0 Å². The lowest BCUT2D eigenvalue weighted by Gasteiger charge is -2.08. The molecule has 1 saturated carbocycles. The van der Waals surface area contributed by atoms with Crippen LogP contribution in [-0.2, 0) is 0 Å². The molecule has 1 fully saturated rings. The van der Waals surface area contributed by atoms with E-state index in [1.165, 1.54) is 24.0 Å². The summed E-state index contributed by atoms with van der Waals surface area (Å²) < 4.78 is 2.29. The van der Waals surface area contributed by atoms with E-state index in [0.29, 0.717) is 11.6 Å². The number of amides is 1. The van der Waals surface area contributed by atoms with Crippen molar-refractivity contribution in [1.29, 1.82) is 0 Å². The average Bonchev–Trinajstić information content (AvgIpc) is 3.41. The molecule has 25 heavy (non-hydrogen) atoms. The number of hydrogen-bond acceptors (Lipinski definition) is 1. The summed E-state index contributed by atoms with van der Waals surface area (Å²) >= 11 is 0. The first-order chi connectivity index (χ1) is 12.1. The van der Waals surface area contributed by atoms with Crippen molar-refractivity contribution in [3.05, 3.63) is 71.5 Å². The zero-order chi connectivity index (χ0) is 17.6. The lowest BCUT2D eigenvalue weighted by Crippen LogP contribution is -2.13. The van der Waals surface area contributed by atoms with Crippen molar-refractivity contribution in [1.82, 2.24) is 4.57 Å². The number of hydrogen-bond donors (Lipinski definition) is 1. The summed E-state index contributed by atoms with van der Waals surface area (Å²) in [4.78, 5) is 12.1. The number of nitrogens with two attached hydrogens (primary N) is 1. The third kappa shape index (κ3) is 2.66. The predicted molar refractivity (Wildman–Crippen MR) is 102 cm³/mol. The molecule has 4 rings (SSSR count). The van der Waals surface area contributed by atoms with Gasteiger partial charge in [0.1, 0.15) is 0 Å². The van der Waals surface area contributed by atoms with Crippen molar-refractivity contribution >= 4 is 5.91 Å². The van der Waals surface area contributed by atoms with Gasteiger partial charge >= 0.3 is 0 Å². The molecule has 2 N–H and O–H groups in total. The quantitative estimate of drug-likeness (QED) is 0.728.